The van der Waals surface area contributed by atoms with Gasteiger partial charge < -0.3 is 58.9 Å². The lowest BCUT2D eigenvalue weighted by Gasteiger charge is -2.39. The summed E-state index contributed by atoms with van der Waals surface area (Å²) in [5.74, 6) is -0.108. The number of amides is 1. The van der Waals surface area contributed by atoms with Gasteiger partial charge in [-0.25, -0.2) is 28.2 Å². The van der Waals surface area contributed by atoms with E-state index >= 15 is 0 Å². The Kier molecular flexibility index (Phi) is 15.1. The smallest absolute Gasteiger partial charge is 0.490 e. The van der Waals surface area contributed by atoms with Crippen molar-refractivity contribution in [3.8, 4) is 11.5 Å². The molecule has 5 aromatic rings. The van der Waals surface area contributed by atoms with Crippen LogP contribution < -0.4 is 40.8 Å². The molecular formula is C50H58N7O17P3S2. The van der Waals surface area contributed by atoms with E-state index in [1.165, 1.54) is 60.7 Å². The number of imidazole rings is 1. The van der Waals surface area contributed by atoms with E-state index in [1.807, 2.05) is 13.8 Å². The summed E-state index contributed by atoms with van der Waals surface area (Å²) >= 11 is 0. The Hall–Kier alpha value is -4.75. The molecule has 0 aliphatic carbocycles. The third-order valence-electron chi connectivity index (χ3n) is 15.0. The summed E-state index contributed by atoms with van der Waals surface area (Å²) in [6.45, 7) is 10.2. The summed E-state index contributed by atoms with van der Waals surface area (Å²) in [4.78, 5) is 91.6. The van der Waals surface area contributed by atoms with Crippen LogP contribution in [0.3, 0.4) is 0 Å². The summed E-state index contributed by atoms with van der Waals surface area (Å²) in [5, 5.41) is 18.4. The van der Waals surface area contributed by atoms with Gasteiger partial charge in [0.1, 0.15) is 48.2 Å². The van der Waals surface area contributed by atoms with Crippen LogP contribution in [0.15, 0.2) is 41.5 Å². The molecule has 1 amide bonds. The monoisotopic (exact) mass is 1190 g/mol. The largest absolute Gasteiger partial charge is 0.545 e. The number of H-pyrrole nitrogens is 1. The number of aromatic amines is 1. The Balaban J connectivity index is 0.808. The SMILES string of the molecule is Cc1nc2c(ncn2C2(C)CC(OCSSC(C)(C)CNC(=O)c3ccc(C4=c5cc6c7c(c5Oc5c4cc4c8c5CCCN8CCC4)CCC[N+]=7CCC6)c(C(=O)[O-])c3)[C@@H](COP(=O)(O)OP(=O)(O)OP(=O)(O)O)O2)c(=O)[nH]1. The second kappa shape index (κ2) is 21.2. The zero-order valence-electron chi connectivity index (χ0n) is 43.4. The highest BCUT2D eigenvalue weighted by molar-refractivity contribution is 8.77. The molecule has 2 aromatic heterocycles. The number of carbonyl (C=O) groups excluding carboxylic acids is 2. The van der Waals surface area contributed by atoms with Crippen molar-refractivity contribution >= 4 is 79.4 Å². The van der Waals surface area contributed by atoms with Gasteiger partial charge in [-0.1, -0.05) is 27.7 Å². The number of hydrogen-bond acceptors (Lipinski definition) is 18. The minimum Gasteiger partial charge on any atom is -0.545 e. The van der Waals surface area contributed by atoms with Crippen molar-refractivity contribution in [1.82, 2.24) is 29.4 Å². The molecule has 4 unspecified atom stereocenters. The van der Waals surface area contributed by atoms with Gasteiger partial charge >= 0.3 is 23.5 Å². The molecule has 24 nitrogen and oxygen atoms in total. The number of phosphoric ester groups is 1. The highest BCUT2D eigenvalue weighted by atomic mass is 33.1. The van der Waals surface area contributed by atoms with E-state index in [1.54, 1.807) is 26.0 Å². The molecule has 1 fully saturated rings. The number of hydrogen-bond donors (Lipinski definition) is 6. The van der Waals surface area contributed by atoms with Gasteiger partial charge in [0.2, 0.25) is 5.36 Å². The molecule has 0 saturated carbocycles. The van der Waals surface area contributed by atoms with Gasteiger partial charge in [-0.2, -0.15) is 8.62 Å². The summed E-state index contributed by atoms with van der Waals surface area (Å²) in [7, 11) is -14.4. The van der Waals surface area contributed by atoms with E-state index in [0.717, 1.165) is 117 Å². The average molecular weight is 1190 g/mol. The number of phosphoric acid groups is 3. The first-order valence-corrected chi connectivity index (χ1v) is 32.6. The number of aromatic nitrogens is 4. The van der Waals surface area contributed by atoms with Gasteiger partial charge in [-0.05, 0) is 102 Å². The molecule has 1 saturated heterocycles. The van der Waals surface area contributed by atoms with E-state index < -0.39 is 70.2 Å². The summed E-state index contributed by atoms with van der Waals surface area (Å²) in [6.07, 6.45) is 6.69. The Bertz CT molecular complexity index is 3710. The number of benzene rings is 3. The summed E-state index contributed by atoms with van der Waals surface area (Å²) in [5.41, 5.74) is 6.39. The number of carboxylic acid groups (broad SMARTS) is 1. The molecule has 422 valence electrons. The fourth-order valence-electron chi connectivity index (χ4n) is 11.9. The number of nitrogens with one attached hydrogen (secondary N) is 2. The molecule has 5 atom stereocenters. The number of aryl methyl sites for hydroxylation is 3. The number of ether oxygens (including phenoxy) is 3. The standard InChI is InChI=1S/C50H58N7O17P3S2/c1-27-53-45-40(47(59)54-27)52-25-57(45)50(4)22-37(38(72-50)23-70-76(65,66)74-77(67,68)73-75(62,63)64)69-26-78-79-49(2,3)24-51-46(58)30-13-14-31(34(21-30)48(60)61)39-35-19-28-9-5-15-55-17-7-11-32(41(28)55)43(35)71-44-33-12-8-18-56-16-6-10-29(42(33)56)20-36(39)44/h13-14,19-21,25,37-38H,5-12,15-18,22-24,26H2,1-4H3,(H6-,51,53,54,58,59,60,61,62,63,64,65,66,67,68)/t37?,38-,50?/m1/s1. The van der Waals surface area contributed by atoms with Crippen LogP contribution in [0.4, 0.5) is 5.69 Å². The minimum atomic E-state index is -5.82. The van der Waals surface area contributed by atoms with Crippen LogP contribution >= 0.6 is 45.1 Å². The molecule has 3 aromatic carbocycles. The van der Waals surface area contributed by atoms with Crippen LogP contribution in [0.2, 0.25) is 0 Å². The lowest BCUT2D eigenvalue weighted by molar-refractivity contribution is -0.255. The molecule has 29 heteroatoms. The Morgan fingerprint density at radius 2 is 1.70 bits per heavy atom. The Morgan fingerprint density at radius 1 is 0.962 bits per heavy atom. The lowest BCUT2D eigenvalue weighted by Crippen LogP contribution is -2.45. The van der Waals surface area contributed by atoms with Crippen molar-refractivity contribution in [2.75, 3.05) is 50.2 Å². The van der Waals surface area contributed by atoms with Gasteiger partial charge in [0.05, 0.1) is 30.6 Å². The number of anilines is 1. The molecule has 6 aliphatic heterocycles. The van der Waals surface area contributed by atoms with Gasteiger partial charge in [0, 0.05) is 87.9 Å². The van der Waals surface area contributed by atoms with Crippen LogP contribution in [0.25, 0.3) is 16.7 Å². The number of carboxylic acids is 1. The highest BCUT2D eigenvalue weighted by Gasteiger charge is 2.49. The van der Waals surface area contributed by atoms with Crippen LogP contribution in [-0.2, 0) is 67.7 Å². The number of rotatable bonds is 18. The van der Waals surface area contributed by atoms with E-state index in [9.17, 15) is 43.0 Å². The molecular weight excluding hydrogens is 1130 g/mol. The molecule has 0 spiro atoms. The van der Waals surface area contributed by atoms with Crippen molar-refractivity contribution < 1.29 is 75.3 Å². The number of fused-ring (bicyclic) bond motifs is 5. The van der Waals surface area contributed by atoms with Crippen molar-refractivity contribution in [2.45, 2.75) is 108 Å². The van der Waals surface area contributed by atoms with Gasteiger partial charge in [0.25, 0.3) is 11.5 Å². The van der Waals surface area contributed by atoms with Crippen molar-refractivity contribution in [3.63, 3.8) is 0 Å². The zero-order chi connectivity index (χ0) is 56.0. The average Bonchev–Trinajstić information content (AvgIpc) is 4.08. The molecule has 79 heavy (non-hydrogen) atoms. The molecule has 6 N–H and O–H groups in total. The van der Waals surface area contributed by atoms with E-state index in [0.29, 0.717) is 5.56 Å². The second-order valence-electron chi connectivity index (χ2n) is 21.2. The predicted molar refractivity (Wildman–Crippen MR) is 288 cm³/mol. The zero-order valence-corrected chi connectivity index (χ0v) is 47.7. The van der Waals surface area contributed by atoms with Crippen molar-refractivity contribution in [3.05, 3.63) is 108 Å². The number of nitrogens with zero attached hydrogens (tertiary/aromatic N) is 5. The first-order chi connectivity index (χ1) is 37.4. The van der Waals surface area contributed by atoms with Gasteiger partial charge in [0.15, 0.2) is 11.2 Å². The molecule has 8 heterocycles. The normalized spacial score (nSPS) is 22.1. The Labute approximate surface area is 459 Å². The van der Waals surface area contributed by atoms with E-state index in [2.05, 4.69) is 50.5 Å². The van der Waals surface area contributed by atoms with Crippen LogP contribution in [0.5, 0.6) is 11.5 Å². The first kappa shape index (κ1) is 56.1. The Morgan fingerprint density at radius 3 is 2.46 bits per heavy atom. The second-order valence-corrected chi connectivity index (χ2v) is 28.6. The third kappa shape index (κ3) is 11.3. The van der Waals surface area contributed by atoms with Gasteiger partial charge in [-0.15, -0.1) is 0 Å². The van der Waals surface area contributed by atoms with E-state index in [-0.39, 0.29) is 47.0 Å². The predicted octanol–water partition coefficient (Wildman–Crippen LogP) is 3.96. The minimum absolute atomic E-state index is 0.00499. The van der Waals surface area contributed by atoms with Crippen molar-refractivity contribution in [1.29, 1.82) is 0 Å². The fourth-order valence-corrected chi connectivity index (χ4v) is 17.1. The summed E-state index contributed by atoms with van der Waals surface area (Å²) < 4.78 is 71.6. The molecule has 0 bridgehead atoms. The highest BCUT2D eigenvalue weighted by Crippen LogP contribution is 2.66. The molecule has 6 aliphatic rings. The maximum absolute atomic E-state index is 14.0. The van der Waals surface area contributed by atoms with Gasteiger partial charge in [-0.3, -0.25) is 18.7 Å². The topological polar surface area (TPSA) is 327 Å². The first-order valence-electron chi connectivity index (χ1n) is 25.8. The number of carbonyl (C=O) groups is 2. The van der Waals surface area contributed by atoms with Crippen LogP contribution in [0.1, 0.15) is 113 Å². The maximum atomic E-state index is 14.0. The van der Waals surface area contributed by atoms with Crippen molar-refractivity contribution in [2.24, 2.45) is 0 Å². The van der Waals surface area contributed by atoms with E-state index in [4.69, 9.17) is 28.5 Å². The fraction of sp³-hybridized carbons (Fsp3) is 0.480. The quantitative estimate of drug-likeness (QED) is 0.0233. The lowest BCUT2D eigenvalue weighted by atomic mass is 9.81. The maximum Gasteiger partial charge on any atom is 0.490 e. The molecule has 0 radical (unpaired) electrons. The molecule has 11 rings (SSSR count). The summed E-state index contributed by atoms with van der Waals surface area (Å²) in [6, 6.07) is 9.15. The van der Waals surface area contributed by atoms with Crippen LogP contribution in [-0.4, -0.2) is 113 Å². The third-order valence-corrected chi connectivity index (χ3v) is 21.7. The number of aromatic carboxylic acids is 1. The van der Waals surface area contributed by atoms with Crippen LogP contribution in [0, 0.1) is 6.92 Å².